The average molecular weight is 247 g/mol. The van der Waals surface area contributed by atoms with E-state index in [1.165, 1.54) is 11.8 Å². The monoisotopic (exact) mass is 246 g/mol. The highest BCUT2D eigenvalue weighted by Crippen LogP contribution is 2.35. The van der Waals surface area contributed by atoms with Crippen LogP contribution >= 0.6 is 34.7 Å². The Morgan fingerprint density at radius 1 is 1.57 bits per heavy atom. The maximum atomic E-state index is 13.8. The smallest absolute Gasteiger partial charge is 0.142 e. The van der Waals surface area contributed by atoms with Gasteiger partial charge in [-0.15, -0.1) is 34.7 Å². The van der Waals surface area contributed by atoms with E-state index in [4.69, 9.17) is 11.6 Å². The van der Waals surface area contributed by atoms with E-state index in [0.717, 1.165) is 10.1 Å². The van der Waals surface area contributed by atoms with Gasteiger partial charge >= 0.3 is 0 Å². The normalized spacial score (nSPS) is 11.1. The second-order valence-electron chi connectivity index (χ2n) is 2.86. The largest absolute Gasteiger partial charge is 0.205 e. The van der Waals surface area contributed by atoms with Gasteiger partial charge in [0, 0.05) is 5.56 Å². The fourth-order valence-electron chi connectivity index (χ4n) is 1.39. The third-order valence-corrected chi connectivity index (χ3v) is 4.22. The second-order valence-corrected chi connectivity index (χ2v) is 4.86. The Balaban J connectivity index is 2.80. The van der Waals surface area contributed by atoms with E-state index in [1.54, 1.807) is 11.3 Å². The Kier molecular flexibility index (Phi) is 3.00. The molecule has 1 aromatic carbocycles. The van der Waals surface area contributed by atoms with E-state index in [0.29, 0.717) is 10.5 Å². The molecule has 0 atom stereocenters. The number of thiophene rings is 1. The van der Waals surface area contributed by atoms with Crippen LogP contribution in [0.15, 0.2) is 22.4 Å². The lowest BCUT2D eigenvalue weighted by Gasteiger charge is -2.05. The summed E-state index contributed by atoms with van der Waals surface area (Å²) in [6, 6.07) is 3.82. The van der Waals surface area contributed by atoms with Crippen molar-refractivity contribution in [2.75, 3.05) is 6.26 Å². The molecule has 14 heavy (non-hydrogen) atoms. The summed E-state index contributed by atoms with van der Waals surface area (Å²) in [7, 11) is 0. The molecule has 0 bridgehead atoms. The average Bonchev–Trinajstić information content (AvgIpc) is 2.64. The lowest BCUT2D eigenvalue weighted by atomic mass is 10.2. The fraction of sp³-hybridized carbons (Fsp3) is 0.200. The molecular formula is C10H8ClFS2. The first-order valence-electron chi connectivity index (χ1n) is 4.06. The van der Waals surface area contributed by atoms with Gasteiger partial charge in [0.25, 0.3) is 0 Å². The summed E-state index contributed by atoms with van der Waals surface area (Å²) in [4.78, 5) is 0.716. The summed E-state index contributed by atoms with van der Waals surface area (Å²) in [5.41, 5.74) is 0.585. The van der Waals surface area contributed by atoms with Crippen LogP contribution in [0.2, 0.25) is 0 Å². The predicted molar refractivity (Wildman–Crippen MR) is 63.1 cm³/mol. The first-order chi connectivity index (χ1) is 6.77. The number of halogens is 2. The Hall–Kier alpha value is -0.250. The van der Waals surface area contributed by atoms with Crippen molar-refractivity contribution in [1.82, 2.24) is 0 Å². The first-order valence-corrected chi connectivity index (χ1v) is 6.70. The lowest BCUT2D eigenvalue weighted by Crippen LogP contribution is -1.89. The molecule has 2 aromatic rings. The zero-order valence-electron chi connectivity index (χ0n) is 7.51. The Bertz CT molecular complexity index is 464. The highest BCUT2D eigenvalue weighted by Gasteiger charge is 2.12. The van der Waals surface area contributed by atoms with E-state index >= 15 is 0 Å². The lowest BCUT2D eigenvalue weighted by molar-refractivity contribution is 0.595. The van der Waals surface area contributed by atoms with Gasteiger partial charge in [-0.1, -0.05) is 0 Å². The van der Waals surface area contributed by atoms with Crippen molar-refractivity contribution >= 4 is 44.8 Å². The molecule has 0 saturated carbocycles. The van der Waals surface area contributed by atoms with Crippen molar-refractivity contribution in [3.63, 3.8) is 0 Å². The van der Waals surface area contributed by atoms with Gasteiger partial charge < -0.3 is 0 Å². The number of hydrogen-bond acceptors (Lipinski definition) is 2. The molecule has 0 amide bonds. The predicted octanol–water partition coefficient (Wildman–Crippen LogP) is 4.50. The van der Waals surface area contributed by atoms with Crippen molar-refractivity contribution in [2.45, 2.75) is 10.8 Å². The van der Waals surface area contributed by atoms with E-state index in [1.807, 2.05) is 23.8 Å². The van der Waals surface area contributed by atoms with Gasteiger partial charge in [-0.05, 0) is 29.2 Å². The van der Waals surface area contributed by atoms with Crippen molar-refractivity contribution in [1.29, 1.82) is 0 Å². The van der Waals surface area contributed by atoms with E-state index < -0.39 is 0 Å². The standard InChI is InChI=1S/C10H8ClFS2/c1-13-10-8(12)7(5-11)4-6-2-3-14-9(6)10/h2-4H,5H2,1H3. The highest BCUT2D eigenvalue weighted by molar-refractivity contribution is 7.99. The van der Waals surface area contributed by atoms with Crippen LogP contribution in [-0.4, -0.2) is 6.26 Å². The van der Waals surface area contributed by atoms with Gasteiger partial charge in [-0.25, -0.2) is 4.39 Å². The maximum absolute atomic E-state index is 13.8. The van der Waals surface area contributed by atoms with Crippen LogP contribution in [0.4, 0.5) is 4.39 Å². The summed E-state index contributed by atoms with van der Waals surface area (Å²) >= 11 is 8.69. The van der Waals surface area contributed by atoms with Gasteiger partial charge in [0.15, 0.2) is 0 Å². The minimum atomic E-state index is -0.164. The van der Waals surface area contributed by atoms with E-state index in [9.17, 15) is 4.39 Å². The molecule has 1 heterocycles. The van der Waals surface area contributed by atoms with Crippen LogP contribution in [-0.2, 0) is 5.88 Å². The highest BCUT2D eigenvalue weighted by atomic mass is 35.5. The zero-order valence-corrected chi connectivity index (χ0v) is 9.90. The summed E-state index contributed by atoms with van der Waals surface area (Å²) < 4.78 is 14.8. The molecule has 0 unspecified atom stereocenters. The molecule has 2 rings (SSSR count). The number of rotatable bonds is 2. The Morgan fingerprint density at radius 3 is 3.00 bits per heavy atom. The summed E-state index contributed by atoms with van der Waals surface area (Å²) in [6.45, 7) is 0. The van der Waals surface area contributed by atoms with Crippen LogP contribution in [0.5, 0.6) is 0 Å². The van der Waals surface area contributed by atoms with Crippen molar-refractivity contribution in [2.24, 2.45) is 0 Å². The molecule has 0 N–H and O–H groups in total. The molecule has 0 aliphatic heterocycles. The topological polar surface area (TPSA) is 0 Å². The quantitative estimate of drug-likeness (QED) is 0.555. The molecular weight excluding hydrogens is 239 g/mol. The van der Waals surface area contributed by atoms with Crippen molar-refractivity contribution < 1.29 is 4.39 Å². The molecule has 74 valence electrons. The molecule has 0 saturated heterocycles. The summed E-state index contributed by atoms with van der Waals surface area (Å²) in [6.07, 6.45) is 1.88. The molecule has 4 heteroatoms. The minimum absolute atomic E-state index is 0.164. The van der Waals surface area contributed by atoms with Crippen LogP contribution in [0.25, 0.3) is 10.1 Å². The summed E-state index contributed by atoms with van der Waals surface area (Å²) in [5, 5.41) is 3.05. The molecule has 0 aliphatic rings. The van der Waals surface area contributed by atoms with E-state index in [-0.39, 0.29) is 11.7 Å². The van der Waals surface area contributed by atoms with E-state index in [2.05, 4.69) is 0 Å². The number of thioether (sulfide) groups is 1. The van der Waals surface area contributed by atoms with Crippen LogP contribution in [0, 0.1) is 5.82 Å². The Labute approximate surface area is 95.1 Å². The van der Waals surface area contributed by atoms with Crippen molar-refractivity contribution in [3.05, 3.63) is 28.9 Å². The van der Waals surface area contributed by atoms with Gasteiger partial charge in [-0.3, -0.25) is 0 Å². The molecule has 1 aromatic heterocycles. The summed E-state index contributed by atoms with van der Waals surface area (Å²) in [5.74, 6) is 0.0630. The van der Waals surface area contributed by atoms with Crippen LogP contribution < -0.4 is 0 Å². The first kappa shape index (κ1) is 10.3. The van der Waals surface area contributed by atoms with Crippen LogP contribution in [0.3, 0.4) is 0 Å². The van der Waals surface area contributed by atoms with Gasteiger partial charge in [0.2, 0.25) is 0 Å². The number of alkyl halides is 1. The van der Waals surface area contributed by atoms with Crippen LogP contribution in [0.1, 0.15) is 5.56 Å². The molecule has 0 fully saturated rings. The Morgan fingerprint density at radius 2 is 2.36 bits per heavy atom. The second kappa shape index (κ2) is 4.09. The third-order valence-electron chi connectivity index (χ3n) is 2.06. The van der Waals surface area contributed by atoms with Gasteiger partial charge in [0.05, 0.1) is 15.5 Å². The maximum Gasteiger partial charge on any atom is 0.142 e. The van der Waals surface area contributed by atoms with Crippen molar-refractivity contribution in [3.8, 4) is 0 Å². The van der Waals surface area contributed by atoms with Gasteiger partial charge in [0.1, 0.15) is 5.82 Å². The zero-order chi connectivity index (χ0) is 10.1. The molecule has 0 nitrogen and oxygen atoms in total. The third kappa shape index (κ3) is 1.53. The molecule has 0 radical (unpaired) electrons. The SMILES string of the molecule is CSc1c(F)c(CCl)cc2ccsc12. The van der Waals surface area contributed by atoms with Gasteiger partial charge in [-0.2, -0.15) is 0 Å². The number of benzene rings is 1. The molecule has 0 spiro atoms. The minimum Gasteiger partial charge on any atom is -0.205 e. The number of hydrogen-bond donors (Lipinski definition) is 0. The molecule has 0 aliphatic carbocycles. The number of fused-ring (bicyclic) bond motifs is 1. The fourth-order valence-corrected chi connectivity index (χ4v) is 3.41.